The standard InChI is InChI=1S/C15H22N2O2S/c16-14-12(15(18)17-6-8-19-9-7-17)10-13(20-14)11-4-2-1-3-5-11/h10-11H,1-9,16H2. The first kappa shape index (κ1) is 13.9. The maximum atomic E-state index is 12.5. The quantitative estimate of drug-likeness (QED) is 0.912. The Morgan fingerprint density at radius 3 is 2.65 bits per heavy atom. The molecule has 1 aliphatic carbocycles. The van der Waals surface area contributed by atoms with Gasteiger partial charge >= 0.3 is 0 Å². The van der Waals surface area contributed by atoms with E-state index in [9.17, 15) is 4.79 Å². The third-order valence-corrected chi connectivity index (χ3v) is 5.44. The van der Waals surface area contributed by atoms with Gasteiger partial charge in [0.25, 0.3) is 5.91 Å². The highest BCUT2D eigenvalue weighted by Gasteiger charge is 2.25. The summed E-state index contributed by atoms with van der Waals surface area (Å²) in [5.74, 6) is 0.686. The van der Waals surface area contributed by atoms with Crippen LogP contribution >= 0.6 is 11.3 Å². The average molecular weight is 294 g/mol. The van der Waals surface area contributed by atoms with Gasteiger partial charge in [-0.15, -0.1) is 11.3 Å². The number of nitrogens with two attached hydrogens (primary N) is 1. The number of amides is 1. The molecule has 1 aromatic rings. The van der Waals surface area contributed by atoms with Crippen molar-refractivity contribution in [2.45, 2.75) is 38.0 Å². The van der Waals surface area contributed by atoms with Crippen molar-refractivity contribution in [3.8, 4) is 0 Å². The topological polar surface area (TPSA) is 55.6 Å². The zero-order valence-electron chi connectivity index (χ0n) is 11.8. The van der Waals surface area contributed by atoms with Gasteiger partial charge in [-0.3, -0.25) is 4.79 Å². The summed E-state index contributed by atoms with van der Waals surface area (Å²) in [6.07, 6.45) is 6.43. The van der Waals surface area contributed by atoms with Gasteiger partial charge in [0.15, 0.2) is 0 Å². The van der Waals surface area contributed by atoms with Gasteiger partial charge in [0.05, 0.1) is 23.8 Å². The normalized spacial score (nSPS) is 21.1. The highest BCUT2D eigenvalue weighted by Crippen LogP contribution is 2.39. The van der Waals surface area contributed by atoms with Crippen molar-refractivity contribution >= 4 is 22.2 Å². The molecule has 2 N–H and O–H groups in total. The van der Waals surface area contributed by atoms with Crippen LogP contribution < -0.4 is 5.73 Å². The Kier molecular flexibility index (Phi) is 4.27. The number of ether oxygens (including phenoxy) is 1. The van der Waals surface area contributed by atoms with Gasteiger partial charge in [0.2, 0.25) is 0 Å². The zero-order chi connectivity index (χ0) is 13.9. The van der Waals surface area contributed by atoms with Crippen molar-refractivity contribution in [2.75, 3.05) is 32.0 Å². The van der Waals surface area contributed by atoms with E-state index in [0.29, 0.717) is 42.8 Å². The molecule has 1 aromatic heterocycles. The Balaban J connectivity index is 1.75. The number of rotatable bonds is 2. The molecule has 2 heterocycles. The summed E-state index contributed by atoms with van der Waals surface area (Å²) in [5, 5.41) is 0.682. The molecule has 0 spiro atoms. The van der Waals surface area contributed by atoms with E-state index in [1.165, 1.54) is 37.0 Å². The molecule has 4 nitrogen and oxygen atoms in total. The summed E-state index contributed by atoms with van der Waals surface area (Å²) in [4.78, 5) is 15.7. The first-order valence-corrected chi connectivity index (χ1v) is 8.33. The number of carbonyl (C=O) groups excluding carboxylic acids is 1. The van der Waals surface area contributed by atoms with Crippen LogP contribution in [0.4, 0.5) is 5.00 Å². The second-order valence-electron chi connectivity index (χ2n) is 5.67. The van der Waals surface area contributed by atoms with Crippen molar-refractivity contribution in [2.24, 2.45) is 0 Å². The molecule has 1 saturated carbocycles. The van der Waals surface area contributed by atoms with E-state index in [-0.39, 0.29) is 5.91 Å². The fourth-order valence-corrected chi connectivity index (χ4v) is 4.21. The number of nitrogens with zero attached hydrogens (tertiary/aromatic N) is 1. The Hall–Kier alpha value is -1.07. The van der Waals surface area contributed by atoms with Gasteiger partial charge in [-0.2, -0.15) is 0 Å². The van der Waals surface area contributed by atoms with E-state index in [1.54, 1.807) is 11.3 Å². The Labute approximate surface area is 123 Å². The summed E-state index contributed by atoms with van der Waals surface area (Å²) in [5.41, 5.74) is 6.80. The smallest absolute Gasteiger partial charge is 0.257 e. The lowest BCUT2D eigenvalue weighted by atomic mass is 9.88. The van der Waals surface area contributed by atoms with E-state index in [1.807, 2.05) is 11.0 Å². The minimum Gasteiger partial charge on any atom is -0.390 e. The molecule has 20 heavy (non-hydrogen) atoms. The van der Waals surface area contributed by atoms with E-state index in [2.05, 4.69) is 0 Å². The van der Waals surface area contributed by atoms with Crippen molar-refractivity contribution < 1.29 is 9.53 Å². The lowest BCUT2D eigenvalue weighted by molar-refractivity contribution is 0.0304. The molecular weight excluding hydrogens is 272 g/mol. The molecule has 3 rings (SSSR count). The predicted molar refractivity (Wildman–Crippen MR) is 81.3 cm³/mol. The molecule has 1 amide bonds. The Bertz CT molecular complexity index is 474. The number of morpholine rings is 1. The SMILES string of the molecule is Nc1sc(C2CCCCC2)cc1C(=O)N1CCOCC1. The van der Waals surface area contributed by atoms with E-state index >= 15 is 0 Å². The lowest BCUT2D eigenvalue weighted by Crippen LogP contribution is -2.40. The maximum absolute atomic E-state index is 12.5. The molecule has 0 radical (unpaired) electrons. The number of hydrogen-bond donors (Lipinski definition) is 1. The zero-order valence-corrected chi connectivity index (χ0v) is 12.6. The predicted octanol–water partition coefficient (Wildman–Crippen LogP) is 2.85. The summed E-state index contributed by atoms with van der Waals surface area (Å²) >= 11 is 1.61. The van der Waals surface area contributed by atoms with E-state index in [4.69, 9.17) is 10.5 Å². The van der Waals surface area contributed by atoms with Crippen LogP contribution in [0, 0.1) is 0 Å². The van der Waals surface area contributed by atoms with Gasteiger partial charge < -0.3 is 15.4 Å². The van der Waals surface area contributed by atoms with Crippen LogP contribution in [-0.2, 0) is 4.74 Å². The maximum Gasteiger partial charge on any atom is 0.257 e. The van der Waals surface area contributed by atoms with Crippen molar-refractivity contribution in [3.05, 3.63) is 16.5 Å². The molecule has 0 atom stereocenters. The van der Waals surface area contributed by atoms with E-state index in [0.717, 1.165) is 0 Å². The fraction of sp³-hybridized carbons (Fsp3) is 0.667. The van der Waals surface area contributed by atoms with Crippen LogP contribution in [-0.4, -0.2) is 37.1 Å². The minimum atomic E-state index is 0.0732. The molecule has 0 aromatic carbocycles. The fourth-order valence-electron chi connectivity index (χ4n) is 3.12. The second kappa shape index (κ2) is 6.14. The third kappa shape index (κ3) is 2.83. The number of hydrogen-bond acceptors (Lipinski definition) is 4. The summed E-state index contributed by atoms with van der Waals surface area (Å²) < 4.78 is 5.29. The number of carbonyl (C=O) groups is 1. The summed E-state index contributed by atoms with van der Waals surface area (Å²) in [6.45, 7) is 2.61. The third-order valence-electron chi connectivity index (χ3n) is 4.32. The van der Waals surface area contributed by atoms with Crippen LogP contribution in [0.15, 0.2) is 6.07 Å². The van der Waals surface area contributed by atoms with Gasteiger partial charge in [-0.05, 0) is 24.8 Å². The number of thiophene rings is 1. The molecule has 110 valence electrons. The van der Waals surface area contributed by atoms with Crippen molar-refractivity contribution in [1.82, 2.24) is 4.90 Å². The van der Waals surface area contributed by atoms with Crippen LogP contribution in [0.1, 0.15) is 53.3 Å². The first-order chi connectivity index (χ1) is 9.75. The van der Waals surface area contributed by atoms with Crippen molar-refractivity contribution in [1.29, 1.82) is 0 Å². The molecule has 1 saturated heterocycles. The lowest BCUT2D eigenvalue weighted by Gasteiger charge is -2.26. The highest BCUT2D eigenvalue weighted by molar-refractivity contribution is 7.16. The van der Waals surface area contributed by atoms with Crippen LogP contribution in [0.2, 0.25) is 0 Å². The van der Waals surface area contributed by atoms with Crippen LogP contribution in [0.3, 0.4) is 0 Å². The summed E-state index contributed by atoms with van der Waals surface area (Å²) in [7, 11) is 0. The minimum absolute atomic E-state index is 0.0732. The molecule has 1 aliphatic heterocycles. The second-order valence-corrected chi connectivity index (χ2v) is 6.78. The highest BCUT2D eigenvalue weighted by atomic mass is 32.1. The van der Waals surface area contributed by atoms with Gasteiger partial charge in [-0.1, -0.05) is 19.3 Å². The van der Waals surface area contributed by atoms with Gasteiger partial charge in [0, 0.05) is 18.0 Å². The molecule has 5 heteroatoms. The van der Waals surface area contributed by atoms with Crippen LogP contribution in [0.5, 0.6) is 0 Å². The number of nitrogen functional groups attached to an aromatic ring is 1. The molecule has 2 aliphatic rings. The average Bonchev–Trinajstić information content (AvgIpc) is 2.90. The van der Waals surface area contributed by atoms with Crippen LogP contribution in [0.25, 0.3) is 0 Å². The largest absolute Gasteiger partial charge is 0.390 e. The monoisotopic (exact) mass is 294 g/mol. The van der Waals surface area contributed by atoms with Gasteiger partial charge in [-0.25, -0.2) is 0 Å². The Morgan fingerprint density at radius 1 is 1.25 bits per heavy atom. The summed E-state index contributed by atoms with van der Waals surface area (Å²) in [6, 6.07) is 2.05. The molecule has 0 bridgehead atoms. The van der Waals surface area contributed by atoms with E-state index < -0.39 is 0 Å². The Morgan fingerprint density at radius 2 is 1.95 bits per heavy atom. The molecule has 2 fully saturated rings. The first-order valence-electron chi connectivity index (χ1n) is 7.52. The van der Waals surface area contributed by atoms with Gasteiger partial charge in [0.1, 0.15) is 0 Å². The molecular formula is C15H22N2O2S. The van der Waals surface area contributed by atoms with Crippen molar-refractivity contribution in [3.63, 3.8) is 0 Å². The number of anilines is 1. The molecule has 0 unspecified atom stereocenters.